The Labute approximate surface area is 203 Å². The molecule has 2 aromatic heterocycles. The van der Waals surface area contributed by atoms with Gasteiger partial charge in [0.1, 0.15) is 25.3 Å². The molecule has 10 heteroatoms. The Balaban J connectivity index is 1.45. The minimum atomic E-state index is -0.985. The second-order valence-electron chi connectivity index (χ2n) is 7.62. The molecule has 9 nitrogen and oxygen atoms in total. The highest BCUT2D eigenvalue weighted by molar-refractivity contribution is 9.10. The van der Waals surface area contributed by atoms with Gasteiger partial charge in [0.05, 0.1) is 11.2 Å². The molecule has 5 rings (SSSR count). The zero-order chi connectivity index (χ0) is 23.7. The largest absolute Gasteiger partial charge is 0.486 e. The number of carboxylic acids is 1. The molecular formula is C24H20BrN5O4. The van der Waals surface area contributed by atoms with Crippen LogP contribution in [-0.2, 0) is 11.8 Å². The zero-order valence-electron chi connectivity index (χ0n) is 18.2. The highest BCUT2D eigenvalue weighted by Gasteiger charge is 2.16. The molecule has 0 atom stereocenters. The van der Waals surface area contributed by atoms with Gasteiger partial charge in [-0.05, 0) is 51.3 Å². The highest BCUT2D eigenvalue weighted by atomic mass is 79.9. The van der Waals surface area contributed by atoms with Gasteiger partial charge in [-0.15, -0.1) is 0 Å². The predicted molar refractivity (Wildman–Crippen MR) is 132 cm³/mol. The lowest BCUT2D eigenvalue weighted by atomic mass is 10.0. The summed E-state index contributed by atoms with van der Waals surface area (Å²) < 4.78 is 14.0. The number of pyridine rings is 1. The first kappa shape index (κ1) is 21.9. The first-order chi connectivity index (χ1) is 16.5. The van der Waals surface area contributed by atoms with Crippen LogP contribution < -0.4 is 14.8 Å². The van der Waals surface area contributed by atoms with E-state index in [1.54, 1.807) is 10.9 Å². The Hall–Kier alpha value is -3.92. The number of aliphatic carboxylic acids is 1. The van der Waals surface area contributed by atoms with Crippen molar-refractivity contribution < 1.29 is 19.4 Å². The molecule has 0 unspecified atom stereocenters. The number of rotatable bonds is 6. The molecule has 3 heterocycles. The first-order valence-electron chi connectivity index (χ1n) is 10.5. The molecule has 0 saturated heterocycles. The molecule has 1 aliphatic heterocycles. The third-order valence-corrected chi connectivity index (χ3v) is 6.14. The number of nitrogens with zero attached hydrogens (tertiary/aromatic N) is 4. The van der Waals surface area contributed by atoms with E-state index in [0.29, 0.717) is 30.1 Å². The summed E-state index contributed by atoms with van der Waals surface area (Å²) in [5.74, 6) is 1.10. The summed E-state index contributed by atoms with van der Waals surface area (Å²) in [6, 6.07) is 13.7. The number of hydrogen-bond donors (Lipinski definition) is 2. The molecule has 0 saturated carbocycles. The maximum Gasteiger partial charge on any atom is 0.325 e. The van der Waals surface area contributed by atoms with E-state index in [4.69, 9.17) is 14.6 Å². The van der Waals surface area contributed by atoms with E-state index in [0.717, 1.165) is 38.3 Å². The van der Waals surface area contributed by atoms with Gasteiger partial charge in [0.15, 0.2) is 17.3 Å². The molecular weight excluding hydrogens is 502 g/mol. The third-order valence-electron chi connectivity index (χ3n) is 5.28. The van der Waals surface area contributed by atoms with Crippen molar-refractivity contribution in [3.8, 4) is 22.6 Å². The Kier molecular flexibility index (Phi) is 5.89. The van der Waals surface area contributed by atoms with E-state index in [2.05, 4.69) is 36.3 Å². The van der Waals surface area contributed by atoms with Gasteiger partial charge in [-0.3, -0.25) is 14.5 Å². The molecule has 0 radical (unpaired) electrons. The lowest BCUT2D eigenvalue weighted by Gasteiger charge is -2.19. The summed E-state index contributed by atoms with van der Waals surface area (Å²) in [4.78, 5) is 19.1. The summed E-state index contributed by atoms with van der Waals surface area (Å²) >= 11 is 3.74. The topological polar surface area (TPSA) is 111 Å². The summed E-state index contributed by atoms with van der Waals surface area (Å²) in [6.07, 6.45) is 3.13. The predicted octanol–water partition coefficient (Wildman–Crippen LogP) is 4.42. The van der Waals surface area contributed by atoms with Crippen LogP contribution in [0.4, 0.5) is 11.5 Å². The van der Waals surface area contributed by atoms with Crippen LogP contribution in [0.5, 0.6) is 11.5 Å². The molecule has 0 aliphatic carbocycles. The Bertz CT molecular complexity index is 1430. The first-order valence-corrected chi connectivity index (χ1v) is 11.3. The van der Waals surface area contributed by atoms with Crippen molar-refractivity contribution in [3.63, 3.8) is 0 Å². The number of halogens is 1. The van der Waals surface area contributed by atoms with Gasteiger partial charge < -0.3 is 19.9 Å². The van der Waals surface area contributed by atoms with Gasteiger partial charge >= 0.3 is 5.97 Å². The number of benzene rings is 2. The van der Waals surface area contributed by atoms with Gasteiger partial charge in [0, 0.05) is 29.5 Å². The zero-order valence-corrected chi connectivity index (χ0v) is 19.7. The Morgan fingerprint density at radius 2 is 2.06 bits per heavy atom. The molecule has 4 aromatic rings. The van der Waals surface area contributed by atoms with E-state index >= 15 is 0 Å². The number of anilines is 2. The van der Waals surface area contributed by atoms with Crippen LogP contribution in [0.15, 0.2) is 58.1 Å². The van der Waals surface area contributed by atoms with Crippen LogP contribution in [0.2, 0.25) is 0 Å². The quantitative estimate of drug-likeness (QED) is 0.361. The van der Waals surface area contributed by atoms with Gasteiger partial charge in [0.2, 0.25) is 0 Å². The molecule has 0 bridgehead atoms. The van der Waals surface area contributed by atoms with Crippen LogP contribution >= 0.6 is 15.9 Å². The minimum absolute atomic E-state index is 0.288. The fourth-order valence-electron chi connectivity index (χ4n) is 3.72. The summed E-state index contributed by atoms with van der Waals surface area (Å²) in [5.41, 5.74) is 5.00. The van der Waals surface area contributed by atoms with Gasteiger partial charge in [-0.25, -0.2) is 4.98 Å². The normalized spacial score (nSPS) is 12.9. The van der Waals surface area contributed by atoms with Crippen LogP contribution in [-0.4, -0.2) is 51.8 Å². The van der Waals surface area contributed by atoms with Crippen molar-refractivity contribution in [2.24, 2.45) is 12.0 Å². The minimum Gasteiger partial charge on any atom is -0.486 e. The number of fused-ring (bicyclic) bond motifs is 2. The second-order valence-corrected chi connectivity index (χ2v) is 8.42. The van der Waals surface area contributed by atoms with Crippen molar-refractivity contribution >= 4 is 50.7 Å². The molecule has 172 valence electrons. The van der Waals surface area contributed by atoms with Crippen LogP contribution in [0.3, 0.4) is 0 Å². The van der Waals surface area contributed by atoms with Crippen molar-refractivity contribution in [1.82, 2.24) is 14.8 Å². The smallest absolute Gasteiger partial charge is 0.325 e. The van der Waals surface area contributed by atoms with E-state index in [9.17, 15) is 4.79 Å². The van der Waals surface area contributed by atoms with E-state index in [1.165, 1.54) is 6.21 Å². The fraction of sp³-hybridized carbons (Fsp3) is 0.167. The summed E-state index contributed by atoms with van der Waals surface area (Å²) in [6.45, 7) is 0.800. The van der Waals surface area contributed by atoms with Crippen LogP contribution in [0.25, 0.3) is 22.2 Å². The van der Waals surface area contributed by atoms with Gasteiger partial charge in [-0.2, -0.15) is 5.10 Å². The highest BCUT2D eigenvalue weighted by Crippen LogP contribution is 2.40. The molecule has 0 amide bonds. The molecule has 2 N–H and O–H groups in total. The van der Waals surface area contributed by atoms with Crippen molar-refractivity contribution in [2.45, 2.75) is 0 Å². The van der Waals surface area contributed by atoms with Crippen LogP contribution in [0.1, 0.15) is 5.56 Å². The number of carbonyl (C=O) groups is 1. The van der Waals surface area contributed by atoms with Crippen molar-refractivity contribution in [2.75, 3.05) is 25.1 Å². The number of aromatic nitrogens is 3. The Morgan fingerprint density at radius 1 is 1.24 bits per heavy atom. The second kappa shape index (κ2) is 9.14. The molecule has 34 heavy (non-hydrogen) atoms. The summed E-state index contributed by atoms with van der Waals surface area (Å²) in [5, 5.41) is 16.7. The number of ether oxygens (including phenoxy) is 2. The van der Waals surface area contributed by atoms with Gasteiger partial charge in [0.25, 0.3) is 0 Å². The maximum atomic E-state index is 10.7. The maximum absolute atomic E-state index is 10.7. The fourth-order valence-corrected chi connectivity index (χ4v) is 4.32. The molecule has 0 spiro atoms. The molecule has 0 fully saturated rings. The number of hydrogen-bond acceptors (Lipinski definition) is 7. The number of aryl methyl sites for hydroxylation is 1. The SMILES string of the molecule is Cn1nc(Nc2cccc(-c3ccc4c(c3)OCCO4)c2Br)c2ncc(C=NCC(=O)O)cc21. The third kappa shape index (κ3) is 4.32. The number of carboxylic acid groups (broad SMARTS) is 1. The number of nitrogens with one attached hydrogen (secondary N) is 1. The molecule has 1 aliphatic rings. The monoisotopic (exact) mass is 521 g/mol. The standard InChI is InChI=1S/C24H20BrN5O4/c1-30-18-9-14(11-26-13-21(31)32)12-27-23(18)24(29-30)28-17-4-2-3-16(22(17)25)15-5-6-19-20(10-15)34-8-7-33-19/h2-6,9-12H,7-8,13H2,1H3,(H,28,29)(H,31,32). The van der Waals surface area contributed by atoms with E-state index in [1.807, 2.05) is 49.5 Å². The average molecular weight is 522 g/mol. The summed E-state index contributed by atoms with van der Waals surface area (Å²) in [7, 11) is 1.83. The average Bonchev–Trinajstić information content (AvgIpc) is 3.14. The van der Waals surface area contributed by atoms with E-state index < -0.39 is 5.97 Å². The lowest BCUT2D eigenvalue weighted by Crippen LogP contribution is -2.15. The van der Waals surface area contributed by atoms with Crippen molar-refractivity contribution in [1.29, 1.82) is 0 Å². The lowest BCUT2D eigenvalue weighted by molar-refractivity contribution is -0.135. The van der Waals surface area contributed by atoms with Gasteiger partial charge in [-0.1, -0.05) is 18.2 Å². The van der Waals surface area contributed by atoms with Crippen LogP contribution in [0, 0.1) is 0 Å². The van der Waals surface area contributed by atoms with E-state index in [-0.39, 0.29) is 6.54 Å². The molecule has 2 aromatic carbocycles. The Morgan fingerprint density at radius 3 is 2.88 bits per heavy atom. The van der Waals surface area contributed by atoms with Crippen molar-refractivity contribution in [3.05, 3.63) is 58.7 Å². The number of aliphatic imine (C=N–C) groups is 1.